The summed E-state index contributed by atoms with van der Waals surface area (Å²) >= 11 is 0. The summed E-state index contributed by atoms with van der Waals surface area (Å²) < 4.78 is 33.5. The number of alkyl halides is 2. The van der Waals surface area contributed by atoms with Gasteiger partial charge in [-0.25, -0.2) is 8.78 Å². The van der Waals surface area contributed by atoms with Crippen LogP contribution in [0.15, 0.2) is 24.4 Å². The van der Waals surface area contributed by atoms with Crippen molar-refractivity contribution >= 4 is 10.9 Å². The van der Waals surface area contributed by atoms with Crippen LogP contribution >= 0.6 is 0 Å². The number of hydrogen-bond donors (Lipinski definition) is 0. The van der Waals surface area contributed by atoms with Crippen molar-refractivity contribution < 1.29 is 13.5 Å². The second-order valence-electron chi connectivity index (χ2n) is 7.68. The van der Waals surface area contributed by atoms with Crippen LogP contribution in [-0.2, 0) is 6.54 Å². The van der Waals surface area contributed by atoms with Gasteiger partial charge >= 0.3 is 0 Å². The van der Waals surface area contributed by atoms with Gasteiger partial charge in [-0.3, -0.25) is 9.88 Å². The summed E-state index contributed by atoms with van der Waals surface area (Å²) in [6, 6.07) is 6.03. The molecule has 3 rings (SSSR count). The van der Waals surface area contributed by atoms with Crippen LogP contribution in [0.2, 0.25) is 0 Å². The van der Waals surface area contributed by atoms with Crippen LogP contribution in [0, 0.1) is 5.92 Å². The molecule has 5 heteroatoms. The van der Waals surface area contributed by atoms with Crippen molar-refractivity contribution in [3.05, 3.63) is 35.5 Å². The SMILES string of the molecule is COc1ccc2c(CN3CCC(C)C(F)(F)CC3)ccnc2c1C(C)C. The van der Waals surface area contributed by atoms with Crippen molar-refractivity contribution in [2.75, 3.05) is 20.2 Å². The van der Waals surface area contributed by atoms with Crippen molar-refractivity contribution in [3.8, 4) is 5.75 Å². The molecule has 2 aromatic rings. The van der Waals surface area contributed by atoms with Gasteiger partial charge in [0, 0.05) is 42.6 Å². The van der Waals surface area contributed by atoms with E-state index in [1.165, 1.54) is 0 Å². The zero-order valence-corrected chi connectivity index (χ0v) is 16.1. The highest BCUT2D eigenvalue weighted by Crippen LogP contribution is 2.36. The standard InChI is InChI=1S/C21H28F2N2O/c1-14(2)19-18(26-4)6-5-17-16(7-10-24-20(17)19)13-25-11-8-15(3)21(22,23)9-12-25/h5-7,10,14-15H,8-9,11-13H2,1-4H3. The molecule has 0 N–H and O–H groups in total. The first-order valence-electron chi connectivity index (χ1n) is 9.38. The molecule has 0 bridgehead atoms. The molecular weight excluding hydrogens is 334 g/mol. The number of fused-ring (bicyclic) bond motifs is 1. The van der Waals surface area contributed by atoms with Gasteiger partial charge in [0.25, 0.3) is 5.92 Å². The molecule has 1 aromatic heterocycles. The molecule has 0 radical (unpaired) electrons. The Kier molecular flexibility index (Phi) is 5.47. The lowest BCUT2D eigenvalue weighted by Crippen LogP contribution is -2.27. The number of rotatable bonds is 4. The maximum absolute atomic E-state index is 14.0. The smallest absolute Gasteiger partial charge is 0.251 e. The van der Waals surface area contributed by atoms with Gasteiger partial charge in [-0.15, -0.1) is 0 Å². The maximum Gasteiger partial charge on any atom is 0.251 e. The summed E-state index contributed by atoms with van der Waals surface area (Å²) in [6.45, 7) is 7.72. The van der Waals surface area contributed by atoms with Gasteiger partial charge < -0.3 is 4.74 Å². The van der Waals surface area contributed by atoms with Crippen molar-refractivity contribution in [2.45, 2.75) is 52.0 Å². The predicted molar refractivity (Wildman–Crippen MR) is 101 cm³/mol. The molecule has 1 saturated heterocycles. The lowest BCUT2D eigenvalue weighted by molar-refractivity contribution is -0.0545. The van der Waals surface area contributed by atoms with E-state index in [1.807, 2.05) is 24.4 Å². The van der Waals surface area contributed by atoms with Crippen LogP contribution in [0.1, 0.15) is 50.7 Å². The molecule has 142 valence electrons. The van der Waals surface area contributed by atoms with Crippen molar-refractivity contribution in [3.63, 3.8) is 0 Å². The second-order valence-corrected chi connectivity index (χ2v) is 7.68. The van der Waals surface area contributed by atoms with Gasteiger partial charge in [-0.1, -0.05) is 20.8 Å². The molecule has 0 amide bonds. The number of aromatic nitrogens is 1. The fourth-order valence-corrected chi connectivity index (χ4v) is 3.80. The number of methoxy groups -OCH3 is 1. The van der Waals surface area contributed by atoms with Gasteiger partial charge in [0.2, 0.25) is 0 Å². The molecule has 2 heterocycles. The third-order valence-corrected chi connectivity index (χ3v) is 5.55. The van der Waals surface area contributed by atoms with Crippen LogP contribution in [0.4, 0.5) is 8.78 Å². The Morgan fingerprint density at radius 2 is 2.04 bits per heavy atom. The first-order chi connectivity index (χ1) is 12.3. The minimum atomic E-state index is -2.56. The van der Waals surface area contributed by atoms with E-state index >= 15 is 0 Å². The summed E-state index contributed by atoms with van der Waals surface area (Å²) in [5.41, 5.74) is 3.19. The Labute approximate surface area is 154 Å². The van der Waals surface area contributed by atoms with E-state index in [0.29, 0.717) is 26.1 Å². The lowest BCUT2D eigenvalue weighted by Gasteiger charge is -2.22. The summed E-state index contributed by atoms with van der Waals surface area (Å²) in [5, 5.41) is 1.08. The van der Waals surface area contributed by atoms with E-state index in [0.717, 1.165) is 27.8 Å². The Hall–Kier alpha value is -1.75. The van der Waals surface area contributed by atoms with E-state index in [2.05, 4.69) is 23.7 Å². The Morgan fingerprint density at radius 1 is 1.27 bits per heavy atom. The zero-order valence-electron chi connectivity index (χ0n) is 16.1. The largest absolute Gasteiger partial charge is 0.496 e. The maximum atomic E-state index is 14.0. The molecule has 1 aromatic carbocycles. The number of halogens is 2. The van der Waals surface area contributed by atoms with Gasteiger partial charge in [-0.2, -0.15) is 0 Å². The van der Waals surface area contributed by atoms with Crippen LogP contribution in [0.3, 0.4) is 0 Å². The molecule has 0 saturated carbocycles. The third kappa shape index (κ3) is 3.68. The van der Waals surface area contributed by atoms with Gasteiger partial charge in [0.15, 0.2) is 0 Å². The summed E-state index contributed by atoms with van der Waals surface area (Å²) in [7, 11) is 1.68. The van der Waals surface area contributed by atoms with Crippen LogP contribution in [0.25, 0.3) is 10.9 Å². The molecule has 26 heavy (non-hydrogen) atoms. The van der Waals surface area contributed by atoms with Crippen molar-refractivity contribution in [1.29, 1.82) is 0 Å². The second kappa shape index (κ2) is 7.47. The number of benzene rings is 1. The number of nitrogens with zero attached hydrogens (tertiary/aromatic N) is 2. The molecule has 3 nitrogen and oxygen atoms in total. The minimum Gasteiger partial charge on any atom is -0.496 e. The predicted octanol–water partition coefficient (Wildman–Crippen LogP) is 5.23. The highest BCUT2D eigenvalue weighted by Gasteiger charge is 2.38. The van der Waals surface area contributed by atoms with E-state index in [4.69, 9.17) is 4.74 Å². The summed E-state index contributed by atoms with van der Waals surface area (Å²) in [4.78, 5) is 6.74. The van der Waals surface area contributed by atoms with E-state index < -0.39 is 11.8 Å². The fraction of sp³-hybridized carbons (Fsp3) is 0.571. The fourth-order valence-electron chi connectivity index (χ4n) is 3.80. The molecule has 0 aliphatic carbocycles. The van der Waals surface area contributed by atoms with Crippen molar-refractivity contribution in [2.24, 2.45) is 5.92 Å². The molecule has 0 spiro atoms. The van der Waals surface area contributed by atoms with Gasteiger partial charge in [0.05, 0.1) is 12.6 Å². The highest BCUT2D eigenvalue weighted by atomic mass is 19.3. The average molecular weight is 362 g/mol. The molecular formula is C21H28F2N2O. The molecule has 1 aliphatic heterocycles. The van der Waals surface area contributed by atoms with E-state index in [-0.39, 0.29) is 12.3 Å². The normalized spacial score (nSPS) is 21.1. The number of likely N-dealkylation sites (tertiary alicyclic amines) is 1. The van der Waals surface area contributed by atoms with E-state index in [9.17, 15) is 8.78 Å². The average Bonchev–Trinajstić information content (AvgIpc) is 2.73. The first kappa shape index (κ1) is 19.0. The third-order valence-electron chi connectivity index (χ3n) is 5.55. The molecule has 1 aliphatic rings. The number of hydrogen-bond acceptors (Lipinski definition) is 3. The topological polar surface area (TPSA) is 25.4 Å². The van der Waals surface area contributed by atoms with Crippen LogP contribution in [-0.4, -0.2) is 36.0 Å². The Bertz CT molecular complexity index is 776. The summed E-state index contributed by atoms with van der Waals surface area (Å²) in [5.74, 6) is -1.99. The Morgan fingerprint density at radius 3 is 2.73 bits per heavy atom. The summed E-state index contributed by atoms with van der Waals surface area (Å²) in [6.07, 6.45) is 2.28. The molecule has 1 unspecified atom stereocenters. The van der Waals surface area contributed by atoms with Gasteiger partial charge in [-0.05, 0) is 42.6 Å². The Balaban J connectivity index is 1.93. The van der Waals surface area contributed by atoms with Crippen LogP contribution in [0.5, 0.6) is 5.75 Å². The number of ether oxygens (including phenoxy) is 1. The monoisotopic (exact) mass is 362 g/mol. The van der Waals surface area contributed by atoms with Crippen LogP contribution < -0.4 is 4.74 Å². The minimum absolute atomic E-state index is 0.0672. The number of pyridine rings is 1. The van der Waals surface area contributed by atoms with Gasteiger partial charge in [0.1, 0.15) is 5.75 Å². The lowest BCUT2D eigenvalue weighted by atomic mass is 9.96. The van der Waals surface area contributed by atoms with Crippen molar-refractivity contribution in [1.82, 2.24) is 9.88 Å². The molecule has 1 fully saturated rings. The zero-order chi connectivity index (χ0) is 18.9. The van der Waals surface area contributed by atoms with E-state index in [1.54, 1.807) is 14.0 Å². The highest BCUT2D eigenvalue weighted by molar-refractivity contribution is 5.87. The quantitative estimate of drug-likeness (QED) is 0.744. The molecule has 1 atom stereocenters. The first-order valence-corrected chi connectivity index (χ1v) is 9.38.